The highest BCUT2D eigenvalue weighted by Gasteiger charge is 2.32. The van der Waals surface area contributed by atoms with Crippen molar-refractivity contribution in [3.63, 3.8) is 0 Å². The van der Waals surface area contributed by atoms with Crippen LogP contribution in [0.1, 0.15) is 19.4 Å². The Morgan fingerprint density at radius 3 is 2.56 bits per heavy atom. The molecule has 0 radical (unpaired) electrons. The van der Waals surface area contributed by atoms with Gasteiger partial charge in [-0.25, -0.2) is 9.36 Å². The van der Waals surface area contributed by atoms with Gasteiger partial charge in [-0.05, 0) is 31.5 Å². The van der Waals surface area contributed by atoms with E-state index in [1.54, 1.807) is 26.1 Å². The van der Waals surface area contributed by atoms with Gasteiger partial charge in [-0.1, -0.05) is 23.7 Å². The van der Waals surface area contributed by atoms with Crippen LogP contribution < -0.4 is 21.5 Å². The van der Waals surface area contributed by atoms with Crippen LogP contribution >= 0.6 is 11.6 Å². The predicted octanol–water partition coefficient (Wildman–Crippen LogP) is 1.54. The second-order valence-electron chi connectivity index (χ2n) is 6.31. The summed E-state index contributed by atoms with van der Waals surface area (Å²) in [5.41, 5.74) is 0.224. The van der Waals surface area contributed by atoms with E-state index < -0.39 is 23.8 Å². The summed E-state index contributed by atoms with van der Waals surface area (Å²) < 4.78 is 7.13. The minimum Gasteiger partial charge on any atom is -0.465 e. The SMILES string of the molecule is CCOC(=O)Cn1c(=O)c2c(n(C)c1=O)NC(C)N2Cc1ccc(Cl)cc1. The lowest BCUT2D eigenvalue weighted by molar-refractivity contribution is -0.143. The van der Waals surface area contributed by atoms with Crippen molar-refractivity contribution in [1.29, 1.82) is 0 Å². The first-order chi connectivity index (χ1) is 12.8. The fraction of sp³-hybridized carbons (Fsp3) is 0.389. The third-order valence-corrected chi connectivity index (χ3v) is 4.74. The molecular weight excluding hydrogens is 372 g/mol. The van der Waals surface area contributed by atoms with E-state index in [4.69, 9.17) is 16.3 Å². The lowest BCUT2D eigenvalue weighted by Crippen LogP contribution is -2.43. The fourth-order valence-corrected chi connectivity index (χ4v) is 3.25. The highest BCUT2D eigenvalue weighted by molar-refractivity contribution is 6.30. The zero-order valence-corrected chi connectivity index (χ0v) is 16.1. The van der Waals surface area contributed by atoms with Crippen LogP contribution in [0.4, 0.5) is 11.5 Å². The van der Waals surface area contributed by atoms with Gasteiger partial charge >= 0.3 is 11.7 Å². The highest BCUT2D eigenvalue weighted by Crippen LogP contribution is 2.31. The summed E-state index contributed by atoms with van der Waals surface area (Å²) in [6.07, 6.45) is -0.201. The van der Waals surface area contributed by atoms with Crippen LogP contribution in [-0.2, 0) is 29.7 Å². The number of nitrogens with one attached hydrogen (secondary N) is 1. The van der Waals surface area contributed by atoms with Gasteiger partial charge in [-0.3, -0.25) is 14.2 Å². The summed E-state index contributed by atoms with van der Waals surface area (Å²) in [6.45, 7) is 3.78. The molecule has 8 nitrogen and oxygen atoms in total. The van der Waals surface area contributed by atoms with E-state index in [2.05, 4.69) is 5.32 Å². The van der Waals surface area contributed by atoms with Crippen LogP contribution in [0.15, 0.2) is 33.9 Å². The number of esters is 1. The molecule has 2 heterocycles. The molecule has 1 unspecified atom stereocenters. The van der Waals surface area contributed by atoms with Crippen LogP contribution in [0.25, 0.3) is 0 Å². The minimum atomic E-state index is -0.625. The standard InChI is InChI=1S/C18H21ClN4O4/c1-4-27-14(24)10-23-17(25)15-16(21(3)18(23)26)20-11(2)22(15)9-12-5-7-13(19)8-6-12/h5-8,11,20H,4,9-10H2,1-3H3. The zero-order chi connectivity index (χ0) is 19.7. The Hall–Kier alpha value is -2.74. The Bertz CT molecular complexity index is 981. The highest BCUT2D eigenvalue weighted by atomic mass is 35.5. The van der Waals surface area contributed by atoms with Gasteiger partial charge in [0.1, 0.15) is 18.1 Å². The molecule has 0 amide bonds. The number of aromatic nitrogens is 2. The average Bonchev–Trinajstić information content (AvgIpc) is 2.96. The van der Waals surface area contributed by atoms with Crippen LogP contribution in [0, 0.1) is 0 Å². The molecule has 1 N–H and O–H groups in total. The molecule has 0 bridgehead atoms. The minimum absolute atomic E-state index is 0.181. The Kier molecular flexibility index (Phi) is 5.27. The monoisotopic (exact) mass is 392 g/mol. The summed E-state index contributed by atoms with van der Waals surface area (Å²) in [6, 6.07) is 7.33. The molecule has 0 saturated carbocycles. The van der Waals surface area contributed by atoms with Gasteiger partial charge in [0.2, 0.25) is 0 Å². The number of nitrogens with zero attached hydrogens (tertiary/aromatic N) is 3. The number of carbonyl (C=O) groups is 1. The quantitative estimate of drug-likeness (QED) is 0.777. The maximum atomic E-state index is 13.0. The third-order valence-electron chi connectivity index (χ3n) is 4.48. The summed E-state index contributed by atoms with van der Waals surface area (Å²) in [5, 5.41) is 3.80. The molecule has 1 aliphatic rings. The molecule has 144 valence electrons. The first-order valence-electron chi connectivity index (χ1n) is 8.60. The number of hydrogen-bond acceptors (Lipinski definition) is 6. The van der Waals surface area contributed by atoms with E-state index in [9.17, 15) is 14.4 Å². The number of rotatable bonds is 5. The predicted molar refractivity (Wildman–Crippen MR) is 103 cm³/mol. The van der Waals surface area contributed by atoms with E-state index in [1.807, 2.05) is 24.0 Å². The van der Waals surface area contributed by atoms with Crippen molar-refractivity contribution in [1.82, 2.24) is 9.13 Å². The average molecular weight is 393 g/mol. The first kappa shape index (κ1) is 19.0. The molecule has 0 fully saturated rings. The van der Waals surface area contributed by atoms with Crippen LogP contribution in [0.2, 0.25) is 5.02 Å². The fourth-order valence-electron chi connectivity index (χ4n) is 3.12. The Labute approximate surface area is 160 Å². The summed E-state index contributed by atoms with van der Waals surface area (Å²) in [5.74, 6) is -0.188. The van der Waals surface area contributed by atoms with E-state index in [0.717, 1.165) is 10.1 Å². The lowest BCUT2D eigenvalue weighted by atomic mass is 10.2. The molecule has 27 heavy (non-hydrogen) atoms. The van der Waals surface area contributed by atoms with Gasteiger partial charge in [0.05, 0.1) is 12.8 Å². The van der Waals surface area contributed by atoms with E-state index in [-0.39, 0.29) is 12.8 Å². The summed E-state index contributed by atoms with van der Waals surface area (Å²) in [7, 11) is 1.56. The van der Waals surface area contributed by atoms with Crippen molar-refractivity contribution < 1.29 is 9.53 Å². The number of benzene rings is 1. The molecule has 3 rings (SSSR count). The molecular formula is C18H21ClN4O4. The topological polar surface area (TPSA) is 85.6 Å². The Morgan fingerprint density at radius 2 is 1.93 bits per heavy atom. The molecule has 1 atom stereocenters. The largest absolute Gasteiger partial charge is 0.465 e. The lowest BCUT2D eigenvalue weighted by Gasteiger charge is -2.23. The van der Waals surface area contributed by atoms with Crippen molar-refractivity contribution in [3.05, 3.63) is 55.7 Å². The molecule has 0 saturated heterocycles. The van der Waals surface area contributed by atoms with Crippen LogP contribution in [0.5, 0.6) is 0 Å². The number of anilines is 2. The van der Waals surface area contributed by atoms with Gasteiger partial charge in [-0.15, -0.1) is 0 Å². The van der Waals surface area contributed by atoms with Crippen molar-refractivity contribution in [2.45, 2.75) is 33.1 Å². The Morgan fingerprint density at radius 1 is 1.26 bits per heavy atom. The normalized spacial score (nSPS) is 15.4. The van der Waals surface area contributed by atoms with Crippen LogP contribution in [0.3, 0.4) is 0 Å². The summed E-state index contributed by atoms with van der Waals surface area (Å²) >= 11 is 5.94. The van der Waals surface area contributed by atoms with Gasteiger partial charge in [-0.2, -0.15) is 0 Å². The smallest absolute Gasteiger partial charge is 0.332 e. The second-order valence-corrected chi connectivity index (χ2v) is 6.75. The number of halogens is 1. The number of carbonyl (C=O) groups excluding carboxylic acids is 1. The zero-order valence-electron chi connectivity index (χ0n) is 15.4. The number of ether oxygens (including phenoxy) is 1. The molecule has 1 aliphatic heterocycles. The van der Waals surface area contributed by atoms with E-state index in [0.29, 0.717) is 23.1 Å². The molecule has 1 aromatic carbocycles. The molecule has 9 heteroatoms. The van der Waals surface area contributed by atoms with E-state index >= 15 is 0 Å². The molecule has 0 aliphatic carbocycles. The second kappa shape index (κ2) is 7.48. The molecule has 0 spiro atoms. The van der Waals surface area contributed by atoms with Crippen LogP contribution in [-0.4, -0.2) is 27.9 Å². The first-order valence-corrected chi connectivity index (χ1v) is 8.98. The molecule has 1 aromatic heterocycles. The van der Waals surface area contributed by atoms with Gasteiger partial charge in [0.15, 0.2) is 0 Å². The van der Waals surface area contributed by atoms with Crippen molar-refractivity contribution in [3.8, 4) is 0 Å². The van der Waals surface area contributed by atoms with E-state index in [1.165, 1.54) is 4.57 Å². The van der Waals surface area contributed by atoms with Gasteiger partial charge in [0, 0.05) is 18.6 Å². The van der Waals surface area contributed by atoms with Crippen molar-refractivity contribution in [2.24, 2.45) is 7.05 Å². The maximum absolute atomic E-state index is 13.0. The van der Waals surface area contributed by atoms with Crippen molar-refractivity contribution in [2.75, 3.05) is 16.8 Å². The third kappa shape index (κ3) is 3.57. The maximum Gasteiger partial charge on any atom is 0.332 e. The van der Waals surface area contributed by atoms with Crippen molar-refractivity contribution >= 4 is 29.1 Å². The molecule has 2 aromatic rings. The number of fused-ring (bicyclic) bond motifs is 1. The number of hydrogen-bond donors (Lipinski definition) is 1. The van der Waals surface area contributed by atoms with Gasteiger partial charge < -0.3 is 15.0 Å². The van der Waals surface area contributed by atoms with Gasteiger partial charge in [0.25, 0.3) is 5.56 Å². The Balaban J connectivity index is 2.04. The summed E-state index contributed by atoms with van der Waals surface area (Å²) in [4.78, 5) is 39.2.